The zero-order valence-corrected chi connectivity index (χ0v) is 10.5. The molecule has 0 aliphatic carbocycles. The van der Waals surface area contributed by atoms with Gasteiger partial charge in [0.05, 0.1) is 23.7 Å². The second kappa shape index (κ2) is 5.70. The van der Waals surface area contributed by atoms with Gasteiger partial charge < -0.3 is 15.2 Å². The molecule has 1 aromatic carbocycles. The maximum Gasteiger partial charge on any atom is 0.134 e. The fourth-order valence-corrected chi connectivity index (χ4v) is 1.96. The molecule has 1 heterocycles. The van der Waals surface area contributed by atoms with Crippen molar-refractivity contribution in [2.75, 3.05) is 19.8 Å². The molecular formula is C10H13BrClNO2. The van der Waals surface area contributed by atoms with Gasteiger partial charge in [0.1, 0.15) is 5.75 Å². The monoisotopic (exact) mass is 293 g/mol. The molecule has 1 fully saturated rings. The number of aromatic hydroxyl groups is 1. The smallest absolute Gasteiger partial charge is 0.134 e. The standard InChI is InChI=1S/C10H12BrNO2.ClH/c11-8-3-1-2-7(10(8)13)9-6-14-5-4-12-9;/h1-3,9,12-13H,4-6H2;1H/t9-;/m1./s1. The number of hydrogen-bond acceptors (Lipinski definition) is 3. The summed E-state index contributed by atoms with van der Waals surface area (Å²) >= 11 is 3.29. The summed E-state index contributed by atoms with van der Waals surface area (Å²) in [5, 5.41) is 13.1. The third-order valence-corrected chi connectivity index (χ3v) is 2.95. The van der Waals surface area contributed by atoms with Crippen LogP contribution in [0.4, 0.5) is 0 Å². The molecule has 2 N–H and O–H groups in total. The minimum atomic E-state index is 0. The third kappa shape index (κ3) is 2.84. The first kappa shape index (κ1) is 12.8. The van der Waals surface area contributed by atoms with Crippen LogP contribution in [0, 0.1) is 0 Å². The Bertz CT molecular complexity index is 329. The Hall–Kier alpha value is -0.290. The van der Waals surface area contributed by atoms with Gasteiger partial charge in [-0.15, -0.1) is 12.4 Å². The maximum atomic E-state index is 9.81. The molecule has 15 heavy (non-hydrogen) atoms. The summed E-state index contributed by atoms with van der Waals surface area (Å²) in [6.07, 6.45) is 0. The minimum absolute atomic E-state index is 0. The number of morpholine rings is 1. The van der Waals surface area contributed by atoms with E-state index in [2.05, 4.69) is 21.2 Å². The number of benzene rings is 1. The first-order valence-corrected chi connectivity index (χ1v) is 5.37. The van der Waals surface area contributed by atoms with Crippen LogP contribution in [0.2, 0.25) is 0 Å². The van der Waals surface area contributed by atoms with E-state index >= 15 is 0 Å². The van der Waals surface area contributed by atoms with Crippen molar-refractivity contribution >= 4 is 28.3 Å². The van der Waals surface area contributed by atoms with E-state index in [9.17, 15) is 5.11 Å². The zero-order valence-electron chi connectivity index (χ0n) is 8.07. The molecule has 1 atom stereocenters. The van der Waals surface area contributed by atoms with E-state index in [-0.39, 0.29) is 18.4 Å². The Kier molecular flexibility index (Phi) is 4.86. The van der Waals surface area contributed by atoms with Gasteiger partial charge in [0, 0.05) is 12.1 Å². The van der Waals surface area contributed by atoms with Gasteiger partial charge in [0.25, 0.3) is 0 Å². The number of halogens is 2. The number of nitrogens with one attached hydrogen (secondary N) is 1. The molecule has 1 aromatic rings. The van der Waals surface area contributed by atoms with E-state index in [1.807, 2.05) is 18.2 Å². The number of para-hydroxylation sites is 1. The summed E-state index contributed by atoms with van der Waals surface area (Å²) in [5.41, 5.74) is 0.888. The van der Waals surface area contributed by atoms with Gasteiger partial charge in [-0.2, -0.15) is 0 Å². The molecular weight excluding hydrogens is 281 g/mol. The summed E-state index contributed by atoms with van der Waals surface area (Å²) in [7, 11) is 0. The Labute approximate surface area is 103 Å². The van der Waals surface area contributed by atoms with Gasteiger partial charge in [0.15, 0.2) is 0 Å². The van der Waals surface area contributed by atoms with Crippen LogP contribution in [0.5, 0.6) is 5.75 Å². The average Bonchev–Trinajstić information content (AvgIpc) is 2.23. The van der Waals surface area contributed by atoms with E-state index in [1.54, 1.807) is 0 Å². The van der Waals surface area contributed by atoms with Crippen molar-refractivity contribution in [3.63, 3.8) is 0 Å². The molecule has 5 heteroatoms. The number of phenols is 1. The van der Waals surface area contributed by atoms with E-state index < -0.39 is 0 Å². The summed E-state index contributed by atoms with van der Waals surface area (Å²) < 4.78 is 6.07. The fourth-order valence-electron chi connectivity index (χ4n) is 1.58. The summed E-state index contributed by atoms with van der Waals surface area (Å²) in [4.78, 5) is 0. The van der Waals surface area contributed by atoms with Crippen molar-refractivity contribution in [1.82, 2.24) is 5.32 Å². The molecule has 0 amide bonds. The highest BCUT2D eigenvalue weighted by Gasteiger charge is 2.18. The van der Waals surface area contributed by atoms with Crippen LogP contribution in [0.1, 0.15) is 11.6 Å². The highest BCUT2D eigenvalue weighted by molar-refractivity contribution is 9.10. The lowest BCUT2D eigenvalue weighted by Crippen LogP contribution is -2.34. The van der Waals surface area contributed by atoms with E-state index in [4.69, 9.17) is 4.74 Å². The van der Waals surface area contributed by atoms with Crippen LogP contribution in [0.15, 0.2) is 22.7 Å². The Morgan fingerprint density at radius 2 is 2.27 bits per heavy atom. The Morgan fingerprint density at radius 3 is 2.93 bits per heavy atom. The van der Waals surface area contributed by atoms with Crippen LogP contribution in [0.3, 0.4) is 0 Å². The number of ether oxygens (including phenoxy) is 1. The lowest BCUT2D eigenvalue weighted by atomic mass is 10.1. The Morgan fingerprint density at radius 1 is 1.47 bits per heavy atom. The van der Waals surface area contributed by atoms with Gasteiger partial charge in [0.2, 0.25) is 0 Å². The molecule has 0 bridgehead atoms. The molecule has 0 spiro atoms. The van der Waals surface area contributed by atoms with Crippen LogP contribution in [-0.2, 0) is 4.74 Å². The molecule has 0 aromatic heterocycles. The predicted molar refractivity (Wildman–Crippen MR) is 64.6 cm³/mol. The van der Waals surface area contributed by atoms with Crippen molar-refractivity contribution in [3.05, 3.63) is 28.2 Å². The van der Waals surface area contributed by atoms with Crippen LogP contribution < -0.4 is 5.32 Å². The van der Waals surface area contributed by atoms with Crippen LogP contribution in [0.25, 0.3) is 0 Å². The second-order valence-corrected chi connectivity index (χ2v) is 4.11. The SMILES string of the molecule is Cl.Oc1c(Br)cccc1[C@H]1COCCN1. The molecule has 1 aliphatic heterocycles. The number of rotatable bonds is 1. The van der Waals surface area contributed by atoms with E-state index in [0.29, 0.717) is 12.4 Å². The van der Waals surface area contributed by atoms with Gasteiger partial charge in [-0.05, 0) is 22.0 Å². The molecule has 0 saturated carbocycles. The predicted octanol–water partition coefficient (Wildman–Crippen LogP) is 2.24. The molecule has 1 aliphatic rings. The topological polar surface area (TPSA) is 41.5 Å². The summed E-state index contributed by atoms with van der Waals surface area (Å²) in [6.45, 7) is 2.19. The molecule has 84 valence electrons. The third-order valence-electron chi connectivity index (χ3n) is 2.32. The fraction of sp³-hybridized carbons (Fsp3) is 0.400. The van der Waals surface area contributed by atoms with E-state index in [1.165, 1.54) is 0 Å². The van der Waals surface area contributed by atoms with Crippen molar-refractivity contribution in [1.29, 1.82) is 0 Å². The van der Waals surface area contributed by atoms with Crippen molar-refractivity contribution < 1.29 is 9.84 Å². The van der Waals surface area contributed by atoms with Crippen molar-refractivity contribution in [2.45, 2.75) is 6.04 Å². The van der Waals surface area contributed by atoms with Gasteiger partial charge in [-0.3, -0.25) is 0 Å². The largest absolute Gasteiger partial charge is 0.506 e. The molecule has 1 saturated heterocycles. The van der Waals surface area contributed by atoms with Crippen molar-refractivity contribution in [2.24, 2.45) is 0 Å². The number of hydrogen-bond donors (Lipinski definition) is 2. The lowest BCUT2D eigenvalue weighted by Gasteiger charge is -2.24. The summed E-state index contributed by atoms with van der Waals surface area (Å²) in [5.74, 6) is 0.301. The lowest BCUT2D eigenvalue weighted by molar-refractivity contribution is 0.0760. The summed E-state index contributed by atoms with van der Waals surface area (Å²) in [6, 6.07) is 5.74. The molecule has 2 rings (SSSR count). The highest BCUT2D eigenvalue weighted by Crippen LogP contribution is 2.32. The Balaban J connectivity index is 0.00000112. The second-order valence-electron chi connectivity index (χ2n) is 3.26. The normalized spacial score (nSPS) is 20.7. The maximum absolute atomic E-state index is 9.81. The molecule has 3 nitrogen and oxygen atoms in total. The highest BCUT2D eigenvalue weighted by atomic mass is 79.9. The first-order valence-electron chi connectivity index (χ1n) is 4.57. The average molecular weight is 295 g/mol. The van der Waals surface area contributed by atoms with Crippen molar-refractivity contribution in [3.8, 4) is 5.75 Å². The number of phenolic OH excluding ortho intramolecular Hbond substituents is 1. The van der Waals surface area contributed by atoms with Gasteiger partial charge in [-0.1, -0.05) is 12.1 Å². The van der Waals surface area contributed by atoms with Gasteiger partial charge in [-0.25, -0.2) is 0 Å². The minimum Gasteiger partial charge on any atom is -0.506 e. The molecule has 0 unspecified atom stereocenters. The molecule has 0 radical (unpaired) electrons. The van der Waals surface area contributed by atoms with E-state index in [0.717, 1.165) is 23.2 Å². The van der Waals surface area contributed by atoms with Crippen LogP contribution in [-0.4, -0.2) is 24.9 Å². The van der Waals surface area contributed by atoms with Crippen LogP contribution >= 0.6 is 28.3 Å². The zero-order chi connectivity index (χ0) is 9.97. The first-order chi connectivity index (χ1) is 6.79. The van der Waals surface area contributed by atoms with Gasteiger partial charge >= 0.3 is 0 Å². The quantitative estimate of drug-likeness (QED) is 0.835.